The van der Waals surface area contributed by atoms with E-state index in [0.29, 0.717) is 66.1 Å². The average Bonchev–Trinajstić information content (AvgIpc) is 3.46. The molecule has 8 rings (SSSR count). The van der Waals surface area contributed by atoms with Crippen LogP contribution in [0.15, 0.2) is 64.3 Å². The first-order valence-electron chi connectivity index (χ1n) is 19.6. The Kier molecular flexibility index (Phi) is 10.1. The first kappa shape index (κ1) is 39.2. The molecule has 0 bridgehead atoms. The molecule has 0 spiro atoms. The van der Waals surface area contributed by atoms with Gasteiger partial charge in [0.05, 0.1) is 43.4 Å². The summed E-state index contributed by atoms with van der Waals surface area (Å²) in [6, 6.07) is 13.7. The van der Waals surface area contributed by atoms with Gasteiger partial charge in [0.15, 0.2) is 0 Å². The number of aromatic nitrogens is 3. The molecule has 3 aliphatic rings. The topological polar surface area (TPSA) is 120 Å². The monoisotopic (exact) mass is 794 g/mol. The number of ether oxygens (including phenoxy) is 2. The van der Waals surface area contributed by atoms with Gasteiger partial charge in [-0.1, -0.05) is 30.3 Å². The van der Waals surface area contributed by atoms with Crippen LogP contribution in [0.1, 0.15) is 53.1 Å². The third-order valence-electron chi connectivity index (χ3n) is 12.5. The number of imidazole rings is 1. The fourth-order valence-corrected chi connectivity index (χ4v) is 9.28. The molecule has 1 N–H and O–H groups in total. The zero-order chi connectivity index (χ0) is 41.2. The molecule has 14 heteroatoms. The van der Waals surface area contributed by atoms with Gasteiger partial charge in [-0.15, -0.1) is 0 Å². The van der Waals surface area contributed by atoms with E-state index >= 15 is 8.78 Å². The maximum atomic E-state index is 16.2. The molecule has 0 saturated carbocycles. The highest BCUT2D eigenvalue weighted by Crippen LogP contribution is 2.41. The lowest BCUT2D eigenvalue weighted by molar-refractivity contribution is -0.135. The predicted molar refractivity (Wildman–Crippen MR) is 216 cm³/mol. The number of carbonyl (C=O) groups excluding carboxylic acids is 2. The van der Waals surface area contributed by atoms with Crippen LogP contribution in [0, 0.1) is 13.8 Å². The van der Waals surface area contributed by atoms with Crippen LogP contribution in [-0.2, 0) is 43.2 Å². The number of alkyl halides is 2. The van der Waals surface area contributed by atoms with E-state index in [4.69, 9.17) is 9.47 Å². The maximum absolute atomic E-state index is 16.2. The van der Waals surface area contributed by atoms with Crippen LogP contribution < -0.4 is 26.0 Å². The van der Waals surface area contributed by atoms with E-state index in [1.54, 1.807) is 55.5 Å². The molecular weight excluding hydrogens is 747 g/mol. The van der Waals surface area contributed by atoms with Crippen molar-refractivity contribution in [3.05, 3.63) is 103 Å². The highest BCUT2D eigenvalue weighted by Gasteiger charge is 2.48. The normalized spacial score (nSPS) is 19.9. The second-order valence-electron chi connectivity index (χ2n) is 15.9. The lowest BCUT2D eigenvalue weighted by Crippen LogP contribution is -2.58. The van der Waals surface area contributed by atoms with Gasteiger partial charge in [0, 0.05) is 69.6 Å². The zero-order valence-corrected chi connectivity index (χ0v) is 33.7. The molecule has 5 heterocycles. The van der Waals surface area contributed by atoms with Crippen LogP contribution in [0.5, 0.6) is 11.5 Å². The molecule has 2 aromatic heterocycles. The standard InChI is InChI=1S/C44H48F2N6O6/c1-25-26(2)42(55)48(3)22-32(25)30-19-36(57-5)33(37(20-30)58-6)23-50-16-15-38(44(45,46)24-50)51-17-14-27-18-28(10-11-29(27)21-51)31-8-7-9-34-40(31)49(4)43(56)52(34)35-12-13-39(53)47-41(35)54/h7-11,18-20,22,35,38H,12-17,21,23-24H2,1-6H3,(H,47,53,54)/t35-,38+/m1/s1. The van der Waals surface area contributed by atoms with E-state index in [1.165, 1.54) is 4.57 Å². The number of piperidine rings is 2. The van der Waals surface area contributed by atoms with E-state index in [2.05, 4.69) is 11.4 Å². The van der Waals surface area contributed by atoms with Gasteiger partial charge in [-0.3, -0.25) is 38.6 Å². The van der Waals surface area contributed by atoms with Gasteiger partial charge in [0.1, 0.15) is 17.5 Å². The number of pyridine rings is 1. The number of imide groups is 1. The Bertz CT molecular complexity index is 2580. The first-order chi connectivity index (χ1) is 27.7. The van der Waals surface area contributed by atoms with Crippen LogP contribution in [0.2, 0.25) is 0 Å². The molecule has 3 aromatic carbocycles. The molecule has 2 atom stereocenters. The number of carbonyl (C=O) groups is 2. The lowest BCUT2D eigenvalue weighted by atomic mass is 9.91. The number of halogens is 2. The number of rotatable bonds is 8. The van der Waals surface area contributed by atoms with Gasteiger partial charge in [-0.25, -0.2) is 13.6 Å². The van der Waals surface area contributed by atoms with E-state index in [1.807, 2.05) is 54.3 Å². The number of aryl methyl sites for hydroxylation is 2. The van der Waals surface area contributed by atoms with Crippen molar-refractivity contribution in [3.63, 3.8) is 0 Å². The highest BCUT2D eigenvalue weighted by molar-refractivity contribution is 6.01. The molecule has 5 aromatic rings. The largest absolute Gasteiger partial charge is 0.496 e. The molecule has 304 valence electrons. The zero-order valence-electron chi connectivity index (χ0n) is 33.7. The maximum Gasteiger partial charge on any atom is 0.329 e. The second-order valence-corrected chi connectivity index (χ2v) is 15.9. The van der Waals surface area contributed by atoms with Gasteiger partial charge < -0.3 is 14.0 Å². The van der Waals surface area contributed by atoms with E-state index in [0.717, 1.165) is 38.9 Å². The Morgan fingerprint density at radius 1 is 0.845 bits per heavy atom. The minimum Gasteiger partial charge on any atom is -0.496 e. The molecule has 2 amide bonds. The summed E-state index contributed by atoms with van der Waals surface area (Å²) in [5.74, 6) is -2.74. The quantitative estimate of drug-likeness (QED) is 0.212. The summed E-state index contributed by atoms with van der Waals surface area (Å²) in [5.41, 5.74) is 8.54. The van der Waals surface area contributed by atoms with Crippen molar-refractivity contribution in [2.24, 2.45) is 14.1 Å². The third-order valence-corrected chi connectivity index (χ3v) is 12.5. The minimum absolute atomic E-state index is 0.0643. The minimum atomic E-state index is -2.98. The summed E-state index contributed by atoms with van der Waals surface area (Å²) in [5, 5.41) is 2.36. The van der Waals surface area contributed by atoms with Gasteiger partial charge >= 0.3 is 5.69 Å². The van der Waals surface area contributed by atoms with Crippen LogP contribution >= 0.6 is 0 Å². The number of hydrogen-bond acceptors (Lipinski definition) is 8. The Labute approximate surface area is 334 Å². The average molecular weight is 795 g/mol. The summed E-state index contributed by atoms with van der Waals surface area (Å²) in [4.78, 5) is 54.3. The Hall–Kier alpha value is -5.60. The highest BCUT2D eigenvalue weighted by atomic mass is 19.3. The van der Waals surface area contributed by atoms with Crippen molar-refractivity contribution in [1.29, 1.82) is 0 Å². The second kappa shape index (κ2) is 15.0. The third kappa shape index (κ3) is 6.71. The number of methoxy groups -OCH3 is 2. The Balaban J connectivity index is 0.992. The number of benzene rings is 3. The van der Waals surface area contributed by atoms with Gasteiger partial charge in [-0.2, -0.15) is 0 Å². The Morgan fingerprint density at radius 3 is 2.28 bits per heavy atom. The first-order valence-corrected chi connectivity index (χ1v) is 19.6. The van der Waals surface area contributed by atoms with Crippen molar-refractivity contribution in [2.45, 2.75) is 70.6 Å². The van der Waals surface area contributed by atoms with Crippen LogP contribution in [0.25, 0.3) is 33.3 Å². The number of likely N-dealkylation sites (tertiary alicyclic amines) is 1. The number of hydrogen-bond donors (Lipinski definition) is 1. The lowest BCUT2D eigenvalue weighted by Gasteiger charge is -2.45. The number of fused-ring (bicyclic) bond motifs is 2. The molecule has 0 aliphatic carbocycles. The molecule has 2 fully saturated rings. The van der Waals surface area contributed by atoms with Crippen molar-refractivity contribution in [3.8, 4) is 33.8 Å². The summed E-state index contributed by atoms with van der Waals surface area (Å²) in [6.07, 6.45) is 3.09. The molecule has 3 aliphatic heterocycles. The van der Waals surface area contributed by atoms with Crippen molar-refractivity contribution >= 4 is 22.8 Å². The number of nitrogens with zero attached hydrogens (tertiary/aromatic N) is 5. The molecular formula is C44H48F2N6O6. The van der Waals surface area contributed by atoms with Gasteiger partial charge in [-0.05, 0) is 79.1 Å². The summed E-state index contributed by atoms with van der Waals surface area (Å²) in [6.45, 7) is 4.87. The molecule has 12 nitrogen and oxygen atoms in total. The summed E-state index contributed by atoms with van der Waals surface area (Å²) < 4.78 is 48.6. The summed E-state index contributed by atoms with van der Waals surface area (Å²) in [7, 11) is 6.51. The fraction of sp³-hybridized carbons (Fsp3) is 0.409. The van der Waals surface area contributed by atoms with E-state index in [-0.39, 0.29) is 36.5 Å². The van der Waals surface area contributed by atoms with Crippen molar-refractivity contribution in [2.75, 3.05) is 33.9 Å². The predicted octanol–water partition coefficient (Wildman–Crippen LogP) is 5.25. The van der Waals surface area contributed by atoms with Crippen molar-refractivity contribution in [1.82, 2.24) is 28.8 Å². The molecule has 2 saturated heterocycles. The molecule has 0 radical (unpaired) electrons. The number of nitrogens with one attached hydrogen (secondary N) is 1. The molecule has 58 heavy (non-hydrogen) atoms. The van der Waals surface area contributed by atoms with E-state index in [9.17, 15) is 19.2 Å². The fourth-order valence-electron chi connectivity index (χ4n) is 9.28. The number of para-hydroxylation sites is 1. The van der Waals surface area contributed by atoms with Crippen molar-refractivity contribution < 1.29 is 27.8 Å². The molecule has 0 unspecified atom stereocenters. The van der Waals surface area contributed by atoms with E-state index < -0.39 is 30.5 Å². The number of amides is 2. The van der Waals surface area contributed by atoms with Gasteiger partial charge in [0.25, 0.3) is 11.5 Å². The Morgan fingerprint density at radius 2 is 1.59 bits per heavy atom. The van der Waals surface area contributed by atoms with Crippen LogP contribution in [-0.4, -0.2) is 81.1 Å². The van der Waals surface area contributed by atoms with Gasteiger partial charge in [0.2, 0.25) is 11.8 Å². The van der Waals surface area contributed by atoms with Crippen LogP contribution in [0.4, 0.5) is 8.78 Å². The summed E-state index contributed by atoms with van der Waals surface area (Å²) >= 11 is 0. The van der Waals surface area contributed by atoms with Crippen LogP contribution in [0.3, 0.4) is 0 Å². The smallest absolute Gasteiger partial charge is 0.329 e. The SMILES string of the molecule is COc1cc(-c2cn(C)c(=O)c(C)c2C)cc(OC)c1CN1CC[C@H](N2CCc3cc(-c4cccc5c4n(C)c(=O)n5[C@@H]4CCC(=O)NC4=O)ccc3C2)C(F)(F)C1.